The van der Waals surface area contributed by atoms with Crippen LogP contribution < -0.4 is 5.32 Å². The van der Waals surface area contributed by atoms with Crippen LogP contribution in [-0.2, 0) is 0 Å². The minimum atomic E-state index is 0.438. The molecule has 0 radical (unpaired) electrons. The molecule has 1 saturated heterocycles. The third kappa shape index (κ3) is 2.26. The highest BCUT2D eigenvalue weighted by Crippen LogP contribution is 2.36. The number of anilines is 1. The van der Waals surface area contributed by atoms with Crippen molar-refractivity contribution < 1.29 is 0 Å². The topological polar surface area (TPSA) is 12.0 Å². The quantitative estimate of drug-likeness (QED) is 0.827. The van der Waals surface area contributed by atoms with Crippen molar-refractivity contribution in [3.05, 3.63) is 16.8 Å². The molecule has 0 saturated carbocycles. The molecule has 1 aliphatic rings. The summed E-state index contributed by atoms with van der Waals surface area (Å²) >= 11 is 3.83. The van der Waals surface area contributed by atoms with E-state index in [1.165, 1.54) is 23.6 Å². The molecular weight excluding hydrogens is 210 g/mol. The summed E-state index contributed by atoms with van der Waals surface area (Å²) in [6, 6.07) is 2.79. The molecule has 1 fully saturated rings. The molecule has 1 aromatic rings. The van der Waals surface area contributed by atoms with Crippen molar-refractivity contribution in [2.45, 2.75) is 26.3 Å². The van der Waals surface area contributed by atoms with Crippen LogP contribution in [0.2, 0.25) is 0 Å². The second kappa shape index (κ2) is 4.15. The van der Waals surface area contributed by atoms with Crippen LogP contribution >= 0.6 is 23.1 Å². The van der Waals surface area contributed by atoms with E-state index in [-0.39, 0.29) is 0 Å². The van der Waals surface area contributed by atoms with Gasteiger partial charge in [-0.2, -0.15) is 23.1 Å². The maximum absolute atomic E-state index is 3.64. The van der Waals surface area contributed by atoms with Gasteiger partial charge < -0.3 is 5.32 Å². The summed E-state index contributed by atoms with van der Waals surface area (Å²) in [6.07, 6.45) is 1.32. The summed E-state index contributed by atoms with van der Waals surface area (Å²) in [5, 5.41) is 7.96. The van der Waals surface area contributed by atoms with E-state index in [1.54, 1.807) is 11.3 Å². The Morgan fingerprint density at radius 1 is 1.50 bits per heavy atom. The molecule has 1 unspecified atom stereocenters. The number of thiophene rings is 1. The van der Waals surface area contributed by atoms with Gasteiger partial charge in [0.25, 0.3) is 0 Å². The van der Waals surface area contributed by atoms with E-state index in [4.69, 9.17) is 0 Å². The third-order valence-corrected chi connectivity index (χ3v) is 4.73. The summed E-state index contributed by atoms with van der Waals surface area (Å²) < 4.78 is 0. The van der Waals surface area contributed by atoms with Gasteiger partial charge in [0, 0.05) is 22.9 Å². The molecule has 14 heavy (non-hydrogen) atoms. The van der Waals surface area contributed by atoms with Crippen molar-refractivity contribution in [2.24, 2.45) is 5.41 Å². The molecule has 0 aliphatic carbocycles. The van der Waals surface area contributed by atoms with E-state index in [0.29, 0.717) is 11.5 Å². The van der Waals surface area contributed by atoms with Crippen molar-refractivity contribution in [1.29, 1.82) is 0 Å². The van der Waals surface area contributed by atoms with E-state index >= 15 is 0 Å². The van der Waals surface area contributed by atoms with E-state index < -0.39 is 0 Å². The lowest BCUT2D eigenvalue weighted by Crippen LogP contribution is -2.41. The Morgan fingerprint density at radius 3 is 3.00 bits per heavy atom. The molecule has 78 valence electrons. The zero-order valence-corrected chi connectivity index (χ0v) is 10.4. The zero-order valence-electron chi connectivity index (χ0n) is 8.75. The fourth-order valence-corrected chi connectivity index (χ4v) is 3.93. The Morgan fingerprint density at radius 2 is 2.36 bits per heavy atom. The van der Waals surface area contributed by atoms with E-state index in [0.717, 1.165) is 0 Å². The van der Waals surface area contributed by atoms with Gasteiger partial charge >= 0.3 is 0 Å². The molecule has 3 heteroatoms. The van der Waals surface area contributed by atoms with E-state index in [2.05, 4.69) is 47.8 Å². The van der Waals surface area contributed by atoms with Crippen LogP contribution in [0.25, 0.3) is 0 Å². The maximum atomic E-state index is 3.64. The summed E-state index contributed by atoms with van der Waals surface area (Å²) in [4.78, 5) is 0. The molecule has 1 atom stereocenters. The van der Waals surface area contributed by atoms with Gasteiger partial charge in [-0.1, -0.05) is 13.8 Å². The van der Waals surface area contributed by atoms with Crippen LogP contribution in [0.1, 0.15) is 20.3 Å². The normalized spacial score (nSPS) is 26.0. The first-order valence-electron chi connectivity index (χ1n) is 5.05. The molecule has 1 aromatic heterocycles. The first kappa shape index (κ1) is 10.4. The fraction of sp³-hybridized carbons (Fsp3) is 0.636. The number of nitrogens with one attached hydrogen (secondary N) is 1. The van der Waals surface area contributed by atoms with Gasteiger partial charge in [0.1, 0.15) is 0 Å². The maximum Gasteiger partial charge on any atom is 0.0451 e. The predicted molar refractivity (Wildman–Crippen MR) is 67.5 cm³/mol. The minimum absolute atomic E-state index is 0.438. The monoisotopic (exact) mass is 227 g/mol. The Bertz CT molecular complexity index is 279. The lowest BCUT2D eigenvalue weighted by molar-refractivity contribution is 0.305. The highest BCUT2D eigenvalue weighted by atomic mass is 32.2. The standard InChI is InChI=1S/C11H17NS2/c1-11(2)4-6-14-8-10(11)12-9-3-5-13-7-9/h3,5,7,10,12H,4,6,8H2,1-2H3. The molecule has 0 amide bonds. The van der Waals surface area contributed by atoms with Crippen LogP contribution in [0.4, 0.5) is 5.69 Å². The van der Waals surface area contributed by atoms with Gasteiger partial charge in [-0.05, 0) is 29.0 Å². The molecule has 1 N–H and O–H groups in total. The van der Waals surface area contributed by atoms with Gasteiger partial charge in [0.2, 0.25) is 0 Å². The van der Waals surface area contributed by atoms with Gasteiger partial charge in [-0.3, -0.25) is 0 Å². The average Bonchev–Trinajstić information content (AvgIpc) is 2.61. The van der Waals surface area contributed by atoms with E-state index in [1.807, 2.05) is 0 Å². The van der Waals surface area contributed by atoms with Crippen molar-refractivity contribution in [3.8, 4) is 0 Å². The van der Waals surface area contributed by atoms with Crippen molar-refractivity contribution in [1.82, 2.24) is 0 Å². The highest BCUT2D eigenvalue weighted by molar-refractivity contribution is 7.99. The Labute approximate surface area is 94.3 Å². The highest BCUT2D eigenvalue weighted by Gasteiger charge is 2.32. The van der Waals surface area contributed by atoms with Gasteiger partial charge in [-0.25, -0.2) is 0 Å². The van der Waals surface area contributed by atoms with Crippen LogP contribution in [0.5, 0.6) is 0 Å². The fourth-order valence-electron chi connectivity index (χ4n) is 1.72. The lowest BCUT2D eigenvalue weighted by atomic mass is 9.82. The molecule has 2 rings (SSSR count). The number of hydrogen-bond acceptors (Lipinski definition) is 3. The summed E-state index contributed by atoms with van der Waals surface area (Å²) in [7, 11) is 0. The van der Waals surface area contributed by atoms with Gasteiger partial charge in [-0.15, -0.1) is 0 Å². The van der Waals surface area contributed by atoms with Crippen molar-refractivity contribution in [3.63, 3.8) is 0 Å². The zero-order chi connectivity index (χ0) is 10.0. The Balaban J connectivity index is 2.02. The minimum Gasteiger partial charge on any atom is -0.380 e. The lowest BCUT2D eigenvalue weighted by Gasteiger charge is -2.39. The first-order valence-corrected chi connectivity index (χ1v) is 7.15. The first-order chi connectivity index (χ1) is 6.68. The predicted octanol–water partition coefficient (Wildman–Crippen LogP) is 3.69. The number of hydrogen-bond donors (Lipinski definition) is 1. The summed E-state index contributed by atoms with van der Waals surface area (Å²) in [5.41, 5.74) is 1.73. The van der Waals surface area contributed by atoms with Crippen LogP contribution in [-0.4, -0.2) is 17.5 Å². The summed E-state index contributed by atoms with van der Waals surface area (Å²) in [6.45, 7) is 4.74. The van der Waals surface area contributed by atoms with Crippen LogP contribution in [0, 0.1) is 5.41 Å². The second-order valence-electron chi connectivity index (χ2n) is 4.52. The van der Waals surface area contributed by atoms with Crippen molar-refractivity contribution >= 4 is 28.8 Å². The SMILES string of the molecule is CC1(C)CCSCC1Nc1ccsc1. The second-order valence-corrected chi connectivity index (χ2v) is 6.45. The Hall–Kier alpha value is -0.150. The number of rotatable bonds is 2. The molecule has 0 bridgehead atoms. The molecule has 0 spiro atoms. The largest absolute Gasteiger partial charge is 0.380 e. The summed E-state index contributed by atoms with van der Waals surface area (Å²) in [5.74, 6) is 2.55. The molecule has 2 heterocycles. The van der Waals surface area contributed by atoms with Crippen LogP contribution in [0.15, 0.2) is 16.8 Å². The Kier molecular flexibility index (Phi) is 3.07. The molecule has 1 nitrogen and oxygen atoms in total. The van der Waals surface area contributed by atoms with Crippen LogP contribution in [0.3, 0.4) is 0 Å². The van der Waals surface area contributed by atoms with Crippen molar-refractivity contribution in [2.75, 3.05) is 16.8 Å². The number of thioether (sulfide) groups is 1. The van der Waals surface area contributed by atoms with E-state index in [9.17, 15) is 0 Å². The van der Waals surface area contributed by atoms with Gasteiger partial charge in [0.15, 0.2) is 0 Å². The molecule has 0 aromatic carbocycles. The third-order valence-electron chi connectivity index (χ3n) is 2.98. The smallest absolute Gasteiger partial charge is 0.0451 e. The molecular formula is C11H17NS2. The average molecular weight is 227 g/mol. The van der Waals surface area contributed by atoms with Gasteiger partial charge in [0.05, 0.1) is 0 Å². The molecule has 1 aliphatic heterocycles.